The van der Waals surface area contributed by atoms with Crippen molar-refractivity contribution in [3.63, 3.8) is 0 Å². The highest BCUT2D eigenvalue weighted by atomic mass is 16.2. The molecule has 0 unspecified atom stereocenters. The van der Waals surface area contributed by atoms with Gasteiger partial charge in [-0.2, -0.15) is 0 Å². The van der Waals surface area contributed by atoms with Crippen molar-refractivity contribution in [1.29, 1.82) is 0 Å². The summed E-state index contributed by atoms with van der Waals surface area (Å²) in [6.45, 7) is 4.67. The van der Waals surface area contributed by atoms with Crippen LogP contribution < -0.4 is 21.1 Å². The molecule has 27 heavy (non-hydrogen) atoms. The summed E-state index contributed by atoms with van der Waals surface area (Å²) >= 11 is 0. The number of rotatable bonds is 6. The summed E-state index contributed by atoms with van der Waals surface area (Å²) < 4.78 is 0. The predicted octanol–water partition coefficient (Wildman–Crippen LogP) is 1.61. The fourth-order valence-electron chi connectivity index (χ4n) is 3.51. The summed E-state index contributed by atoms with van der Waals surface area (Å²) in [5.74, 6) is 0. The van der Waals surface area contributed by atoms with Gasteiger partial charge in [0.15, 0.2) is 0 Å². The van der Waals surface area contributed by atoms with E-state index in [1.807, 2.05) is 23.1 Å². The number of piperazine rings is 1. The number of anilines is 2. The maximum Gasteiger partial charge on any atom is 0.253 e. The third-order valence-electron chi connectivity index (χ3n) is 5.04. The molecule has 1 aliphatic heterocycles. The van der Waals surface area contributed by atoms with Gasteiger partial charge in [0, 0.05) is 51.7 Å². The molecular weight excluding hydrogens is 340 g/mol. The number of pyridine rings is 1. The second-order valence-corrected chi connectivity index (χ2v) is 6.84. The molecule has 1 saturated heterocycles. The fourth-order valence-corrected chi connectivity index (χ4v) is 3.51. The van der Waals surface area contributed by atoms with Crippen molar-refractivity contribution in [2.75, 3.05) is 36.4 Å². The molecule has 0 saturated carbocycles. The Balaban J connectivity index is 1.38. The van der Waals surface area contributed by atoms with Gasteiger partial charge in [0.25, 0.3) is 10.9 Å². The minimum atomic E-state index is -0.411. The molecule has 1 fully saturated rings. The van der Waals surface area contributed by atoms with Gasteiger partial charge in [-0.1, -0.05) is 30.3 Å². The SMILES string of the molecule is O=c1c(NCc2ccncc2)c(N2CCN(Cc3ccccc3)CC2)c1=O. The van der Waals surface area contributed by atoms with E-state index in [0.717, 1.165) is 38.3 Å². The van der Waals surface area contributed by atoms with Gasteiger partial charge in [-0.3, -0.25) is 19.5 Å². The van der Waals surface area contributed by atoms with Crippen LogP contribution in [-0.2, 0) is 13.1 Å². The largest absolute Gasteiger partial charge is 0.376 e. The molecule has 1 N–H and O–H groups in total. The van der Waals surface area contributed by atoms with Crippen LogP contribution in [0.1, 0.15) is 11.1 Å². The van der Waals surface area contributed by atoms with Gasteiger partial charge >= 0.3 is 0 Å². The highest BCUT2D eigenvalue weighted by Crippen LogP contribution is 2.22. The zero-order chi connectivity index (χ0) is 18.6. The number of hydrogen-bond acceptors (Lipinski definition) is 6. The molecule has 0 amide bonds. The molecule has 0 aliphatic carbocycles. The second-order valence-electron chi connectivity index (χ2n) is 6.84. The van der Waals surface area contributed by atoms with Crippen LogP contribution in [0, 0.1) is 0 Å². The molecule has 2 heterocycles. The zero-order valence-electron chi connectivity index (χ0n) is 15.1. The summed E-state index contributed by atoms with van der Waals surface area (Å²) in [7, 11) is 0. The third-order valence-corrected chi connectivity index (χ3v) is 5.04. The first kappa shape index (κ1) is 17.4. The van der Waals surface area contributed by atoms with Crippen LogP contribution in [0.4, 0.5) is 11.4 Å². The minimum Gasteiger partial charge on any atom is -0.376 e. The normalized spacial score (nSPS) is 15.2. The minimum absolute atomic E-state index is 0.372. The number of nitrogens with zero attached hydrogens (tertiary/aromatic N) is 3. The lowest BCUT2D eigenvalue weighted by Crippen LogP contribution is -2.51. The monoisotopic (exact) mass is 362 g/mol. The first-order chi connectivity index (χ1) is 13.2. The van der Waals surface area contributed by atoms with E-state index in [1.165, 1.54) is 5.56 Å². The maximum atomic E-state index is 12.1. The van der Waals surface area contributed by atoms with Crippen molar-refractivity contribution in [2.24, 2.45) is 0 Å². The average Bonchev–Trinajstić information content (AvgIpc) is 2.73. The average molecular weight is 362 g/mol. The lowest BCUT2D eigenvalue weighted by atomic mass is 10.1. The third kappa shape index (κ3) is 3.75. The first-order valence-electron chi connectivity index (χ1n) is 9.19. The smallest absolute Gasteiger partial charge is 0.253 e. The first-order valence-corrected chi connectivity index (χ1v) is 9.19. The van der Waals surface area contributed by atoms with Gasteiger partial charge in [-0.15, -0.1) is 0 Å². The van der Waals surface area contributed by atoms with Crippen molar-refractivity contribution >= 4 is 11.4 Å². The van der Waals surface area contributed by atoms with E-state index in [9.17, 15) is 9.59 Å². The highest BCUT2D eigenvalue weighted by molar-refractivity contribution is 5.75. The van der Waals surface area contributed by atoms with E-state index < -0.39 is 5.43 Å². The van der Waals surface area contributed by atoms with Crippen molar-refractivity contribution < 1.29 is 0 Å². The molecule has 1 aliphatic rings. The standard InChI is InChI=1S/C21H22N4O2/c26-20-18(23-14-16-6-8-22-9-7-16)19(21(20)27)25-12-10-24(11-13-25)15-17-4-2-1-3-5-17/h1-9,23H,10-15H2. The number of aromatic nitrogens is 1. The van der Waals surface area contributed by atoms with Crippen LogP contribution in [-0.4, -0.2) is 36.1 Å². The van der Waals surface area contributed by atoms with Gasteiger partial charge in [0.1, 0.15) is 11.4 Å². The van der Waals surface area contributed by atoms with Crippen LogP contribution in [0.3, 0.4) is 0 Å². The summed E-state index contributed by atoms with van der Waals surface area (Å²) in [6, 6.07) is 14.2. The van der Waals surface area contributed by atoms with Crippen molar-refractivity contribution in [1.82, 2.24) is 9.88 Å². The van der Waals surface area contributed by atoms with E-state index in [4.69, 9.17) is 0 Å². The lowest BCUT2D eigenvalue weighted by molar-refractivity contribution is 0.249. The molecule has 6 nitrogen and oxygen atoms in total. The Morgan fingerprint density at radius 2 is 1.56 bits per heavy atom. The van der Waals surface area contributed by atoms with Gasteiger partial charge < -0.3 is 10.2 Å². The zero-order valence-corrected chi connectivity index (χ0v) is 15.1. The highest BCUT2D eigenvalue weighted by Gasteiger charge is 2.28. The van der Waals surface area contributed by atoms with Crippen molar-refractivity contribution in [3.8, 4) is 0 Å². The number of benzene rings is 1. The van der Waals surface area contributed by atoms with E-state index >= 15 is 0 Å². The molecule has 3 aromatic rings. The Morgan fingerprint density at radius 1 is 0.852 bits per heavy atom. The van der Waals surface area contributed by atoms with Crippen LogP contribution in [0.15, 0.2) is 64.4 Å². The molecule has 6 heteroatoms. The Morgan fingerprint density at radius 3 is 2.26 bits per heavy atom. The molecular formula is C21H22N4O2. The second kappa shape index (κ2) is 7.72. The number of hydrogen-bond donors (Lipinski definition) is 1. The van der Waals surface area contributed by atoms with Crippen LogP contribution in [0.25, 0.3) is 0 Å². The molecule has 0 radical (unpaired) electrons. The number of nitrogens with one attached hydrogen (secondary N) is 1. The van der Waals surface area contributed by atoms with Crippen LogP contribution in [0.2, 0.25) is 0 Å². The Bertz CT molecular complexity index is 957. The quantitative estimate of drug-likeness (QED) is 0.672. The lowest BCUT2D eigenvalue weighted by Gasteiger charge is -2.37. The van der Waals surface area contributed by atoms with Gasteiger partial charge in [-0.05, 0) is 23.3 Å². The summed E-state index contributed by atoms with van der Waals surface area (Å²) in [6.07, 6.45) is 3.43. The van der Waals surface area contributed by atoms with E-state index in [1.54, 1.807) is 12.4 Å². The van der Waals surface area contributed by atoms with E-state index in [-0.39, 0.29) is 5.43 Å². The predicted molar refractivity (Wildman–Crippen MR) is 107 cm³/mol. The van der Waals surface area contributed by atoms with Gasteiger partial charge in [0.05, 0.1) is 0 Å². The molecule has 4 rings (SSSR count). The van der Waals surface area contributed by atoms with Crippen LogP contribution in [0.5, 0.6) is 0 Å². The fraction of sp³-hybridized carbons (Fsp3) is 0.286. The Kier molecular flexibility index (Phi) is 4.98. The molecule has 2 aromatic carbocycles. The summed E-state index contributed by atoms with van der Waals surface area (Å²) in [5.41, 5.74) is 2.53. The van der Waals surface area contributed by atoms with Gasteiger partial charge in [-0.25, -0.2) is 0 Å². The summed E-state index contributed by atoms with van der Waals surface area (Å²) in [5, 5.41) is 3.14. The topological polar surface area (TPSA) is 65.5 Å². The summed E-state index contributed by atoms with van der Waals surface area (Å²) in [4.78, 5) is 32.6. The Labute approximate surface area is 157 Å². The van der Waals surface area contributed by atoms with Crippen molar-refractivity contribution in [3.05, 3.63) is 86.4 Å². The van der Waals surface area contributed by atoms with Crippen LogP contribution >= 0.6 is 0 Å². The molecule has 138 valence electrons. The molecule has 0 spiro atoms. The van der Waals surface area contributed by atoms with E-state index in [0.29, 0.717) is 17.9 Å². The van der Waals surface area contributed by atoms with Crippen molar-refractivity contribution in [2.45, 2.75) is 13.1 Å². The molecule has 0 bridgehead atoms. The molecule has 1 aromatic heterocycles. The van der Waals surface area contributed by atoms with E-state index in [2.05, 4.69) is 39.5 Å². The van der Waals surface area contributed by atoms with Gasteiger partial charge in [0.2, 0.25) is 0 Å². The Hall–Kier alpha value is -2.99. The maximum absolute atomic E-state index is 12.1. The molecule has 0 atom stereocenters.